The molecule has 0 radical (unpaired) electrons. The van der Waals surface area contributed by atoms with Crippen LogP contribution in [0.15, 0.2) is 24.3 Å². The van der Waals surface area contributed by atoms with Gasteiger partial charge in [0.05, 0.1) is 0 Å². The smallest absolute Gasteiger partial charge is 0.336 e. The van der Waals surface area contributed by atoms with Gasteiger partial charge in [0, 0.05) is 31.7 Å². The predicted molar refractivity (Wildman–Crippen MR) is 108 cm³/mol. The third-order valence-electron chi connectivity index (χ3n) is 5.58. The minimum absolute atomic E-state index is 0.202. The largest absolute Gasteiger partial charge is 0.439 e. The zero-order valence-electron chi connectivity index (χ0n) is 17.9. The predicted octanol–water partition coefficient (Wildman–Crippen LogP) is 3.00. The Bertz CT molecular complexity index is 1120. The van der Waals surface area contributed by atoms with Crippen molar-refractivity contribution in [2.24, 2.45) is 0 Å². The molecule has 0 bridgehead atoms. The molecule has 1 atom stereocenters. The first kappa shape index (κ1) is 28.3. The highest BCUT2D eigenvalue weighted by atomic mass is 32.2. The lowest BCUT2D eigenvalue weighted by atomic mass is 9.97. The van der Waals surface area contributed by atoms with Crippen LogP contribution in [0.3, 0.4) is 0 Å². The molecule has 0 aromatic heterocycles. The summed E-state index contributed by atoms with van der Waals surface area (Å²) in [4.78, 5) is 13.7. The van der Waals surface area contributed by atoms with E-state index in [-0.39, 0.29) is 15.8 Å². The monoisotopic (exact) mass is 540 g/mol. The fourth-order valence-corrected chi connectivity index (χ4v) is 5.10. The first-order valence-electron chi connectivity index (χ1n) is 9.82. The Labute approximate surface area is 192 Å². The van der Waals surface area contributed by atoms with Crippen LogP contribution >= 0.6 is 0 Å². The van der Waals surface area contributed by atoms with Crippen LogP contribution in [-0.4, -0.2) is 79.1 Å². The average Bonchev–Trinajstić information content (AvgIpc) is 2.77. The van der Waals surface area contributed by atoms with Crippen LogP contribution < -0.4 is 0 Å². The lowest BCUT2D eigenvalue weighted by molar-refractivity contribution is -0.247. The van der Waals surface area contributed by atoms with Crippen molar-refractivity contribution in [1.29, 1.82) is 0 Å². The van der Waals surface area contributed by atoms with E-state index in [0.29, 0.717) is 0 Å². The van der Waals surface area contributed by atoms with Gasteiger partial charge in [-0.3, -0.25) is 9.35 Å². The molecule has 0 saturated carbocycles. The van der Waals surface area contributed by atoms with Crippen LogP contribution in [0.5, 0.6) is 0 Å². The lowest BCUT2D eigenvalue weighted by Crippen LogP contribution is -2.64. The number of amides is 1. The molecule has 1 saturated heterocycles. The molecular weight excluding hydrogens is 518 g/mol. The summed E-state index contributed by atoms with van der Waals surface area (Å²) in [6.45, 7) is 1.01. The maximum Gasteiger partial charge on any atom is 0.439 e. The highest BCUT2D eigenvalue weighted by Gasteiger charge is 2.82. The number of hydrogen-bond donors (Lipinski definition) is 1. The molecule has 0 spiro atoms. The van der Waals surface area contributed by atoms with Gasteiger partial charge < -0.3 is 4.90 Å². The first-order chi connectivity index (χ1) is 15.3. The van der Waals surface area contributed by atoms with E-state index < -0.39 is 68.7 Å². The van der Waals surface area contributed by atoms with Gasteiger partial charge in [0.1, 0.15) is 0 Å². The number of piperazine rings is 1. The van der Waals surface area contributed by atoms with Crippen molar-refractivity contribution in [3.05, 3.63) is 35.4 Å². The molecule has 0 aliphatic carbocycles. The maximum absolute atomic E-state index is 14.1. The topological polar surface area (TPSA) is 112 Å². The molecule has 1 N–H and O–H groups in total. The third-order valence-corrected chi connectivity index (χ3v) is 8.44. The highest BCUT2D eigenvalue weighted by molar-refractivity contribution is 7.90. The van der Waals surface area contributed by atoms with Crippen LogP contribution in [-0.2, 0) is 20.1 Å². The van der Waals surface area contributed by atoms with Crippen molar-refractivity contribution < 1.29 is 52.5 Å². The van der Waals surface area contributed by atoms with Crippen molar-refractivity contribution >= 4 is 26.0 Å². The summed E-state index contributed by atoms with van der Waals surface area (Å²) in [6, 6.07) is 6.44. The lowest BCUT2D eigenvalue weighted by Gasteiger charge is -2.38. The first-order valence-corrected chi connectivity index (χ1v) is 12.7. The fraction of sp³-hybridized carbons (Fsp3) is 0.611. The van der Waals surface area contributed by atoms with E-state index >= 15 is 0 Å². The van der Waals surface area contributed by atoms with Gasteiger partial charge in [-0.05, 0) is 30.0 Å². The van der Waals surface area contributed by atoms with Crippen molar-refractivity contribution in [3.63, 3.8) is 0 Å². The van der Waals surface area contributed by atoms with E-state index in [1.54, 1.807) is 12.1 Å². The molecule has 194 valence electrons. The molecule has 1 aliphatic rings. The number of benzene rings is 1. The zero-order valence-corrected chi connectivity index (χ0v) is 19.5. The third kappa shape index (κ3) is 4.64. The van der Waals surface area contributed by atoms with Gasteiger partial charge in [0.2, 0.25) is 0 Å². The van der Waals surface area contributed by atoms with Gasteiger partial charge in [-0.1, -0.05) is 26.0 Å². The Hall–Kier alpha value is -1.91. The molecule has 1 amide bonds. The molecule has 8 nitrogen and oxygen atoms in total. The van der Waals surface area contributed by atoms with Crippen LogP contribution in [0.4, 0.5) is 26.3 Å². The number of halogens is 6. The summed E-state index contributed by atoms with van der Waals surface area (Å²) >= 11 is 0. The molecule has 1 aromatic carbocycles. The van der Waals surface area contributed by atoms with E-state index in [2.05, 4.69) is 0 Å². The highest BCUT2D eigenvalue weighted by Crippen LogP contribution is 2.51. The van der Waals surface area contributed by atoms with Crippen LogP contribution in [0.25, 0.3) is 0 Å². The number of hydrogen-bond acceptors (Lipinski definition) is 5. The van der Waals surface area contributed by atoms with E-state index in [1.165, 1.54) is 12.1 Å². The second-order valence-electron chi connectivity index (χ2n) is 7.71. The van der Waals surface area contributed by atoms with Crippen molar-refractivity contribution in [2.75, 3.05) is 26.2 Å². The maximum atomic E-state index is 14.1. The standard InChI is InChI=1S/C18H22F6N2O6S2/c1-3-12(2)13-4-6-14(7-5-13)15(27)25-8-10-26(11-9-25)33(28,29)17(21,22)16(19,20)18(23,24)34(30,31)32/h4-7,12H,3,8-11H2,1-2H3,(H,30,31,32). The minimum atomic E-state index is -7.09. The Morgan fingerprint density at radius 1 is 0.941 bits per heavy atom. The number of carbonyl (C=O) groups is 1. The van der Waals surface area contributed by atoms with Gasteiger partial charge in [0.15, 0.2) is 0 Å². The molecular formula is C18H22F6N2O6S2. The molecule has 2 rings (SSSR count). The SMILES string of the molecule is CCC(C)c1ccc(C(=O)N2CCN(S(=O)(=O)C(F)(F)C(F)(F)C(F)(F)S(=O)(=O)O)CC2)cc1. The quantitative estimate of drug-likeness (QED) is 0.401. The van der Waals surface area contributed by atoms with Gasteiger partial charge in [-0.15, -0.1) is 0 Å². The van der Waals surface area contributed by atoms with Crippen molar-refractivity contribution in [2.45, 2.75) is 42.6 Å². The molecule has 1 fully saturated rings. The zero-order chi connectivity index (χ0) is 26.3. The summed E-state index contributed by atoms with van der Waals surface area (Å²) in [5.41, 5.74) is 1.16. The number of sulfonamides is 1. The Kier molecular flexibility index (Phi) is 7.73. The van der Waals surface area contributed by atoms with Gasteiger partial charge in [0.25, 0.3) is 15.9 Å². The second kappa shape index (κ2) is 9.28. The van der Waals surface area contributed by atoms with E-state index in [4.69, 9.17) is 4.55 Å². The number of rotatable bonds is 8. The van der Waals surface area contributed by atoms with Crippen LogP contribution in [0.2, 0.25) is 0 Å². The summed E-state index contributed by atoms with van der Waals surface area (Å²) in [7, 11) is -13.6. The van der Waals surface area contributed by atoms with E-state index in [0.717, 1.165) is 16.9 Å². The Morgan fingerprint density at radius 2 is 1.41 bits per heavy atom. The summed E-state index contributed by atoms with van der Waals surface area (Å²) in [5, 5.41) is -13.4. The van der Waals surface area contributed by atoms with Crippen molar-refractivity contribution in [1.82, 2.24) is 9.21 Å². The Balaban J connectivity index is 2.19. The Morgan fingerprint density at radius 3 is 1.82 bits per heavy atom. The number of carbonyl (C=O) groups excluding carboxylic acids is 1. The molecule has 34 heavy (non-hydrogen) atoms. The summed E-state index contributed by atoms with van der Waals surface area (Å²) < 4.78 is 136. The van der Waals surface area contributed by atoms with Crippen LogP contribution in [0.1, 0.15) is 42.1 Å². The normalized spacial score (nSPS) is 18.1. The molecule has 1 aromatic rings. The molecule has 1 aliphatic heterocycles. The number of alkyl halides is 6. The number of nitrogens with zero attached hydrogens (tertiary/aromatic N) is 2. The van der Waals surface area contributed by atoms with Gasteiger partial charge >= 0.3 is 26.5 Å². The molecule has 1 heterocycles. The van der Waals surface area contributed by atoms with Crippen LogP contribution in [0, 0.1) is 0 Å². The summed E-state index contributed by atoms with van der Waals surface area (Å²) in [5.74, 6) is -7.37. The minimum Gasteiger partial charge on any atom is -0.336 e. The van der Waals surface area contributed by atoms with E-state index in [1.807, 2.05) is 13.8 Å². The van der Waals surface area contributed by atoms with Gasteiger partial charge in [-0.2, -0.15) is 39.1 Å². The van der Waals surface area contributed by atoms with Crippen molar-refractivity contribution in [3.8, 4) is 0 Å². The van der Waals surface area contributed by atoms with Gasteiger partial charge in [-0.25, -0.2) is 8.42 Å². The molecule has 1 unspecified atom stereocenters. The molecule has 16 heteroatoms. The second-order valence-corrected chi connectivity index (χ2v) is 11.2. The fourth-order valence-electron chi connectivity index (χ4n) is 3.16. The summed E-state index contributed by atoms with van der Waals surface area (Å²) in [6.07, 6.45) is 0.851. The van der Waals surface area contributed by atoms with E-state index in [9.17, 15) is 48.0 Å². The average molecular weight is 541 g/mol.